The van der Waals surface area contributed by atoms with Crippen LogP contribution in [0.25, 0.3) is 0 Å². The summed E-state index contributed by atoms with van der Waals surface area (Å²) in [4.78, 5) is 2.27. The summed E-state index contributed by atoms with van der Waals surface area (Å²) < 4.78 is 14.5. The van der Waals surface area contributed by atoms with E-state index in [4.69, 9.17) is 5.73 Å². The van der Waals surface area contributed by atoms with Crippen molar-refractivity contribution in [2.24, 2.45) is 11.7 Å². The zero-order chi connectivity index (χ0) is 13.1. The van der Waals surface area contributed by atoms with Crippen LogP contribution in [0.3, 0.4) is 0 Å². The molecule has 0 amide bonds. The van der Waals surface area contributed by atoms with E-state index >= 15 is 0 Å². The fraction of sp³-hybridized carbons (Fsp3) is 0.571. The maximum Gasteiger partial charge on any atom is 0.126 e. The van der Waals surface area contributed by atoms with Gasteiger partial charge in [0.2, 0.25) is 0 Å². The Morgan fingerprint density at radius 1 is 1.44 bits per heavy atom. The highest BCUT2D eigenvalue weighted by molar-refractivity contribution is 9.10. The second-order valence-corrected chi connectivity index (χ2v) is 6.26. The number of halogens is 2. The zero-order valence-corrected chi connectivity index (χ0v) is 12.3. The lowest BCUT2D eigenvalue weighted by molar-refractivity contribution is 0.183. The van der Waals surface area contributed by atoms with E-state index in [1.807, 2.05) is 6.07 Å². The molecule has 4 heteroatoms. The molecule has 1 aliphatic rings. The molecule has 0 radical (unpaired) electrons. The van der Waals surface area contributed by atoms with Crippen molar-refractivity contribution < 1.29 is 4.39 Å². The third-order valence-corrected chi connectivity index (χ3v) is 4.11. The first-order chi connectivity index (χ1) is 8.54. The number of nitrogens with two attached hydrogens (primary N) is 1. The quantitative estimate of drug-likeness (QED) is 0.905. The zero-order valence-electron chi connectivity index (χ0n) is 10.7. The van der Waals surface area contributed by atoms with Gasteiger partial charge in [0.05, 0.1) is 0 Å². The first-order valence-corrected chi connectivity index (χ1v) is 7.22. The molecule has 0 unspecified atom stereocenters. The van der Waals surface area contributed by atoms with Crippen molar-refractivity contribution in [1.29, 1.82) is 0 Å². The molecule has 0 bridgehead atoms. The van der Waals surface area contributed by atoms with E-state index in [0.29, 0.717) is 6.04 Å². The van der Waals surface area contributed by atoms with Crippen LogP contribution in [0.15, 0.2) is 22.7 Å². The highest BCUT2D eigenvalue weighted by Crippen LogP contribution is 2.26. The summed E-state index contributed by atoms with van der Waals surface area (Å²) in [5, 5.41) is 0. The average molecular weight is 315 g/mol. The summed E-state index contributed by atoms with van der Waals surface area (Å²) in [6, 6.07) is 5.52. The Morgan fingerprint density at radius 3 is 2.83 bits per heavy atom. The lowest BCUT2D eigenvalue weighted by atomic mass is 9.80. The van der Waals surface area contributed by atoms with E-state index in [1.54, 1.807) is 6.07 Å². The molecule has 0 atom stereocenters. The van der Waals surface area contributed by atoms with E-state index in [2.05, 4.69) is 27.9 Å². The van der Waals surface area contributed by atoms with Gasteiger partial charge in [0.1, 0.15) is 5.82 Å². The topological polar surface area (TPSA) is 29.3 Å². The molecule has 0 saturated heterocycles. The lowest BCUT2D eigenvalue weighted by Crippen LogP contribution is -2.42. The molecule has 1 saturated carbocycles. The van der Waals surface area contributed by atoms with Gasteiger partial charge in [-0.25, -0.2) is 4.39 Å². The van der Waals surface area contributed by atoms with Gasteiger partial charge in [-0.2, -0.15) is 0 Å². The average Bonchev–Trinajstić information content (AvgIpc) is 2.28. The minimum absolute atomic E-state index is 0.114. The van der Waals surface area contributed by atoms with Crippen LogP contribution in [0.4, 0.5) is 4.39 Å². The van der Waals surface area contributed by atoms with E-state index < -0.39 is 0 Å². The molecule has 1 aromatic carbocycles. The number of hydrogen-bond donors (Lipinski definition) is 1. The molecule has 0 aromatic heterocycles. The molecule has 2 N–H and O–H groups in total. The third kappa shape index (κ3) is 3.77. The Hall–Kier alpha value is -0.450. The van der Waals surface area contributed by atoms with Crippen LogP contribution >= 0.6 is 15.9 Å². The minimum atomic E-state index is -0.114. The number of likely N-dealkylation sites (N-methyl/N-ethyl adjacent to an activating group) is 1. The van der Waals surface area contributed by atoms with Crippen LogP contribution in [0.5, 0.6) is 0 Å². The monoisotopic (exact) mass is 314 g/mol. The summed E-state index contributed by atoms with van der Waals surface area (Å²) >= 11 is 3.38. The predicted molar refractivity (Wildman–Crippen MR) is 76.0 cm³/mol. The summed E-state index contributed by atoms with van der Waals surface area (Å²) in [6.45, 7) is 1.96. The van der Waals surface area contributed by atoms with Gasteiger partial charge >= 0.3 is 0 Å². The first-order valence-electron chi connectivity index (χ1n) is 6.42. The largest absolute Gasteiger partial charge is 0.328 e. The smallest absolute Gasteiger partial charge is 0.126 e. The van der Waals surface area contributed by atoms with Gasteiger partial charge in [-0.15, -0.1) is 0 Å². The minimum Gasteiger partial charge on any atom is -0.328 e. The summed E-state index contributed by atoms with van der Waals surface area (Å²) in [6.07, 6.45) is 3.02. The molecule has 18 heavy (non-hydrogen) atoms. The number of hydrogen-bond acceptors (Lipinski definition) is 2. The van der Waals surface area contributed by atoms with E-state index in [9.17, 15) is 4.39 Å². The van der Waals surface area contributed by atoms with Crippen LogP contribution in [-0.2, 0) is 6.42 Å². The molecule has 0 spiro atoms. The second-order valence-electron chi connectivity index (χ2n) is 5.35. The van der Waals surface area contributed by atoms with Crippen molar-refractivity contribution in [2.75, 3.05) is 20.1 Å². The van der Waals surface area contributed by atoms with E-state index in [0.717, 1.165) is 48.3 Å². The van der Waals surface area contributed by atoms with Crippen molar-refractivity contribution >= 4 is 15.9 Å². The molecule has 0 heterocycles. The van der Waals surface area contributed by atoms with Crippen LogP contribution in [0.2, 0.25) is 0 Å². The maximum atomic E-state index is 13.6. The summed E-state index contributed by atoms with van der Waals surface area (Å²) in [5.74, 6) is 0.620. The fourth-order valence-electron chi connectivity index (χ4n) is 2.51. The van der Waals surface area contributed by atoms with Gasteiger partial charge in [-0.05, 0) is 56.0 Å². The molecule has 2 rings (SSSR count). The fourth-order valence-corrected chi connectivity index (χ4v) is 2.92. The van der Waals surface area contributed by atoms with Crippen LogP contribution in [-0.4, -0.2) is 31.1 Å². The van der Waals surface area contributed by atoms with Crippen molar-refractivity contribution in [3.05, 3.63) is 34.1 Å². The third-order valence-electron chi connectivity index (χ3n) is 3.61. The number of nitrogens with zero attached hydrogens (tertiary/aromatic N) is 1. The van der Waals surface area contributed by atoms with Gasteiger partial charge in [0, 0.05) is 23.6 Å². The molecule has 1 fully saturated rings. The van der Waals surface area contributed by atoms with Crippen molar-refractivity contribution in [3.8, 4) is 0 Å². The van der Waals surface area contributed by atoms with Gasteiger partial charge in [-0.1, -0.05) is 15.9 Å². The Kier molecular flexibility index (Phi) is 4.76. The molecule has 1 aliphatic carbocycles. The lowest BCUT2D eigenvalue weighted by Gasteiger charge is -2.35. The van der Waals surface area contributed by atoms with Crippen molar-refractivity contribution in [2.45, 2.75) is 25.3 Å². The Bertz CT molecular complexity index is 405. The van der Waals surface area contributed by atoms with Crippen LogP contribution in [0, 0.1) is 11.7 Å². The first kappa shape index (κ1) is 14.0. The van der Waals surface area contributed by atoms with Crippen molar-refractivity contribution in [3.63, 3.8) is 0 Å². The second kappa shape index (κ2) is 6.13. The molecule has 100 valence electrons. The van der Waals surface area contributed by atoms with Crippen molar-refractivity contribution in [1.82, 2.24) is 4.90 Å². The van der Waals surface area contributed by atoms with E-state index in [1.165, 1.54) is 6.07 Å². The van der Waals surface area contributed by atoms with Gasteiger partial charge in [-0.3, -0.25) is 0 Å². The summed E-state index contributed by atoms with van der Waals surface area (Å²) in [7, 11) is 2.10. The molecular weight excluding hydrogens is 295 g/mol. The number of rotatable bonds is 5. The normalized spacial score (nSPS) is 23.2. The van der Waals surface area contributed by atoms with Crippen LogP contribution in [0.1, 0.15) is 18.4 Å². The Morgan fingerprint density at radius 2 is 2.17 bits per heavy atom. The van der Waals surface area contributed by atoms with E-state index in [-0.39, 0.29) is 5.82 Å². The molecule has 2 nitrogen and oxygen atoms in total. The van der Waals surface area contributed by atoms with Gasteiger partial charge in [0.25, 0.3) is 0 Å². The molecular formula is C14H20BrFN2. The SMILES string of the molecule is CN(CCc1cc(Br)ccc1F)CC1CC(N)C1. The highest BCUT2D eigenvalue weighted by Gasteiger charge is 2.26. The van der Waals surface area contributed by atoms with Gasteiger partial charge in [0.15, 0.2) is 0 Å². The molecule has 1 aromatic rings. The maximum absolute atomic E-state index is 13.6. The predicted octanol–water partition coefficient (Wildman–Crippen LogP) is 2.80. The number of benzene rings is 1. The highest BCUT2D eigenvalue weighted by atomic mass is 79.9. The standard InChI is InChI=1S/C14H20BrFN2/c1-18(9-10-6-13(17)7-10)5-4-11-8-12(15)2-3-14(11)16/h2-3,8,10,13H,4-7,9,17H2,1H3. The Labute approximate surface area is 116 Å². The van der Waals surface area contributed by atoms with Gasteiger partial charge < -0.3 is 10.6 Å². The Balaban J connectivity index is 1.78. The summed E-state index contributed by atoms with van der Waals surface area (Å²) in [5.41, 5.74) is 6.55. The van der Waals surface area contributed by atoms with Crippen LogP contribution < -0.4 is 5.73 Å². The molecule has 0 aliphatic heterocycles.